The van der Waals surface area contributed by atoms with Crippen LogP contribution >= 0.6 is 12.2 Å². The van der Waals surface area contributed by atoms with Crippen LogP contribution in [0.25, 0.3) is 0 Å². The predicted octanol–water partition coefficient (Wildman–Crippen LogP) is 1.46. The number of hydrazone groups is 1. The molecular weight excluding hydrogens is 144 g/mol. The molecule has 0 unspecified atom stereocenters. The first-order valence-corrected chi connectivity index (χ1v) is 4.15. The lowest BCUT2D eigenvalue weighted by Gasteiger charge is -2.16. The van der Waals surface area contributed by atoms with E-state index >= 15 is 0 Å². The molecule has 0 aromatic rings. The first kappa shape index (κ1) is 6.28. The summed E-state index contributed by atoms with van der Waals surface area (Å²) >= 11 is 5.09. The van der Waals surface area contributed by atoms with Gasteiger partial charge in [0.05, 0.1) is 5.92 Å². The SMILES string of the molecule is S=C1NN=C2CCCC[C@H]12. The van der Waals surface area contributed by atoms with Gasteiger partial charge in [-0.15, -0.1) is 0 Å². The second-order valence-electron chi connectivity index (χ2n) is 2.88. The van der Waals surface area contributed by atoms with Crippen molar-refractivity contribution >= 4 is 22.9 Å². The van der Waals surface area contributed by atoms with E-state index < -0.39 is 0 Å². The van der Waals surface area contributed by atoms with Crippen LogP contribution in [0.15, 0.2) is 5.10 Å². The van der Waals surface area contributed by atoms with Gasteiger partial charge in [-0.2, -0.15) is 5.10 Å². The average Bonchev–Trinajstić information content (AvgIpc) is 2.34. The molecule has 1 aliphatic heterocycles. The molecule has 1 N–H and O–H groups in total. The summed E-state index contributed by atoms with van der Waals surface area (Å²) < 4.78 is 0. The van der Waals surface area contributed by atoms with Crippen LogP contribution in [-0.2, 0) is 0 Å². The fourth-order valence-electron chi connectivity index (χ4n) is 1.62. The molecule has 10 heavy (non-hydrogen) atoms. The van der Waals surface area contributed by atoms with Crippen molar-refractivity contribution in [3.05, 3.63) is 0 Å². The Morgan fingerprint density at radius 3 is 3.20 bits per heavy atom. The highest BCUT2D eigenvalue weighted by atomic mass is 32.1. The van der Waals surface area contributed by atoms with Gasteiger partial charge in [-0.1, -0.05) is 18.6 Å². The first-order chi connectivity index (χ1) is 4.88. The van der Waals surface area contributed by atoms with Crippen LogP contribution in [0.4, 0.5) is 0 Å². The highest BCUT2D eigenvalue weighted by molar-refractivity contribution is 7.80. The zero-order valence-electron chi connectivity index (χ0n) is 5.76. The van der Waals surface area contributed by atoms with Gasteiger partial charge in [0.15, 0.2) is 0 Å². The van der Waals surface area contributed by atoms with Crippen LogP contribution in [0.1, 0.15) is 25.7 Å². The van der Waals surface area contributed by atoms with E-state index in [0.29, 0.717) is 5.92 Å². The van der Waals surface area contributed by atoms with Crippen LogP contribution in [0.2, 0.25) is 0 Å². The van der Waals surface area contributed by atoms with E-state index in [1.54, 1.807) is 0 Å². The number of rotatable bonds is 0. The van der Waals surface area contributed by atoms with Crippen LogP contribution in [-0.4, -0.2) is 10.7 Å². The third kappa shape index (κ3) is 0.850. The Hall–Kier alpha value is -0.440. The summed E-state index contributed by atoms with van der Waals surface area (Å²) in [5.74, 6) is 0.503. The number of fused-ring (bicyclic) bond motifs is 1. The molecule has 54 valence electrons. The molecule has 1 fully saturated rings. The summed E-state index contributed by atoms with van der Waals surface area (Å²) in [5.41, 5.74) is 4.17. The van der Waals surface area contributed by atoms with E-state index in [9.17, 15) is 0 Å². The van der Waals surface area contributed by atoms with Gasteiger partial charge in [0, 0.05) is 5.71 Å². The second kappa shape index (κ2) is 2.31. The van der Waals surface area contributed by atoms with E-state index in [4.69, 9.17) is 12.2 Å². The molecule has 0 radical (unpaired) electrons. The fraction of sp³-hybridized carbons (Fsp3) is 0.714. The van der Waals surface area contributed by atoms with Gasteiger partial charge in [-0.05, 0) is 19.3 Å². The molecule has 0 amide bonds. The largest absolute Gasteiger partial charge is 0.271 e. The minimum absolute atomic E-state index is 0.503. The first-order valence-electron chi connectivity index (χ1n) is 3.74. The van der Waals surface area contributed by atoms with Gasteiger partial charge in [0.2, 0.25) is 0 Å². The summed E-state index contributed by atoms with van der Waals surface area (Å²) in [6, 6.07) is 0. The number of hydrogen-bond donors (Lipinski definition) is 1. The summed E-state index contributed by atoms with van der Waals surface area (Å²) in [4.78, 5) is 0.940. The van der Waals surface area contributed by atoms with Gasteiger partial charge in [0.1, 0.15) is 4.99 Å². The molecule has 0 aromatic carbocycles. The molecule has 0 saturated heterocycles. The summed E-state index contributed by atoms with van der Waals surface area (Å²) in [5, 5.41) is 4.16. The molecule has 0 aromatic heterocycles. The van der Waals surface area contributed by atoms with Crippen molar-refractivity contribution in [1.29, 1.82) is 0 Å². The van der Waals surface area contributed by atoms with Crippen LogP contribution in [0, 0.1) is 5.92 Å². The third-order valence-corrected chi connectivity index (χ3v) is 2.58. The molecule has 1 atom stereocenters. The third-order valence-electron chi connectivity index (χ3n) is 2.20. The second-order valence-corrected chi connectivity index (χ2v) is 3.32. The highest BCUT2D eigenvalue weighted by Gasteiger charge is 2.28. The quantitative estimate of drug-likeness (QED) is 0.534. The topological polar surface area (TPSA) is 24.4 Å². The van der Waals surface area contributed by atoms with Crippen molar-refractivity contribution in [2.75, 3.05) is 0 Å². The van der Waals surface area contributed by atoms with E-state index in [2.05, 4.69) is 10.5 Å². The van der Waals surface area contributed by atoms with Crippen molar-refractivity contribution in [2.45, 2.75) is 25.7 Å². The Labute approximate surface area is 65.7 Å². The van der Waals surface area contributed by atoms with Crippen molar-refractivity contribution in [1.82, 2.24) is 5.43 Å². The molecule has 0 spiro atoms. The van der Waals surface area contributed by atoms with Gasteiger partial charge in [-0.3, -0.25) is 5.43 Å². The van der Waals surface area contributed by atoms with Crippen molar-refractivity contribution in [2.24, 2.45) is 11.0 Å². The molecule has 0 bridgehead atoms. The maximum atomic E-state index is 5.09. The molecular formula is C7H10N2S. The number of nitrogens with zero attached hydrogens (tertiary/aromatic N) is 1. The van der Waals surface area contributed by atoms with Crippen LogP contribution < -0.4 is 5.43 Å². The smallest absolute Gasteiger partial charge is 0.105 e. The van der Waals surface area contributed by atoms with E-state index in [1.165, 1.54) is 25.0 Å². The highest BCUT2D eigenvalue weighted by Crippen LogP contribution is 2.25. The van der Waals surface area contributed by atoms with Gasteiger partial charge in [-0.25, -0.2) is 0 Å². The normalized spacial score (nSPS) is 31.0. The Morgan fingerprint density at radius 1 is 1.50 bits per heavy atom. The predicted molar refractivity (Wildman–Crippen MR) is 45.1 cm³/mol. The molecule has 1 heterocycles. The lowest BCUT2D eigenvalue weighted by molar-refractivity contribution is 0.622. The molecule has 1 saturated carbocycles. The lowest BCUT2D eigenvalue weighted by Crippen LogP contribution is -2.23. The Balaban J connectivity index is 2.18. The lowest BCUT2D eigenvalue weighted by atomic mass is 9.88. The van der Waals surface area contributed by atoms with Crippen LogP contribution in [0.3, 0.4) is 0 Å². The summed E-state index contributed by atoms with van der Waals surface area (Å²) in [6.45, 7) is 0. The maximum Gasteiger partial charge on any atom is 0.105 e. The fourth-order valence-corrected chi connectivity index (χ4v) is 1.92. The Morgan fingerprint density at radius 2 is 2.40 bits per heavy atom. The summed E-state index contributed by atoms with van der Waals surface area (Å²) in [6.07, 6.45) is 4.97. The average molecular weight is 154 g/mol. The van der Waals surface area contributed by atoms with Gasteiger partial charge < -0.3 is 0 Å². The molecule has 2 rings (SSSR count). The van der Waals surface area contributed by atoms with E-state index in [1.807, 2.05) is 0 Å². The minimum atomic E-state index is 0.503. The number of hydrogen-bond acceptors (Lipinski definition) is 2. The van der Waals surface area contributed by atoms with Gasteiger partial charge in [0.25, 0.3) is 0 Å². The minimum Gasteiger partial charge on any atom is -0.271 e. The number of thiocarbonyl (C=S) groups is 1. The van der Waals surface area contributed by atoms with E-state index in [-0.39, 0.29) is 0 Å². The monoisotopic (exact) mass is 154 g/mol. The Bertz CT molecular complexity index is 198. The maximum absolute atomic E-state index is 5.09. The molecule has 2 nitrogen and oxygen atoms in total. The molecule has 3 heteroatoms. The Kier molecular flexibility index (Phi) is 1.45. The number of nitrogens with one attached hydrogen (secondary N) is 1. The van der Waals surface area contributed by atoms with E-state index in [0.717, 1.165) is 11.4 Å². The summed E-state index contributed by atoms with van der Waals surface area (Å²) in [7, 11) is 0. The van der Waals surface area contributed by atoms with Crippen molar-refractivity contribution in [3.8, 4) is 0 Å². The zero-order valence-corrected chi connectivity index (χ0v) is 6.58. The van der Waals surface area contributed by atoms with Crippen molar-refractivity contribution < 1.29 is 0 Å². The standard InChI is InChI=1S/C7H10N2S/c10-7-5-3-1-2-4-6(5)8-9-7/h5H,1-4H2,(H,9,10)/t5-/m0/s1. The zero-order chi connectivity index (χ0) is 6.97. The van der Waals surface area contributed by atoms with Crippen molar-refractivity contribution in [3.63, 3.8) is 0 Å². The van der Waals surface area contributed by atoms with Gasteiger partial charge >= 0.3 is 0 Å². The molecule has 2 aliphatic rings. The van der Waals surface area contributed by atoms with Crippen LogP contribution in [0.5, 0.6) is 0 Å². The molecule has 1 aliphatic carbocycles.